The van der Waals surface area contributed by atoms with Crippen LogP contribution in [0.1, 0.15) is 28.5 Å². The molecule has 3 aromatic rings. The first-order chi connectivity index (χ1) is 10.3. The minimum atomic E-state index is -0.654. The number of rotatable bonds is 4. The minimum absolute atomic E-state index is 0.654. The summed E-state index contributed by atoms with van der Waals surface area (Å²) >= 11 is 1.60. The molecule has 0 aliphatic carbocycles. The molecule has 0 fully saturated rings. The Kier molecular flexibility index (Phi) is 4.13. The van der Waals surface area contributed by atoms with Crippen LogP contribution in [0.2, 0.25) is 0 Å². The standard InChI is InChI=1S/C18H17NOS/c1-2-15-16(13-9-5-3-6-10-13)19-18(21-15)17(20)14-11-7-4-8-12-14/h3-12,17,20H,2H2,1H3. The minimum Gasteiger partial charge on any atom is -0.381 e. The smallest absolute Gasteiger partial charge is 0.131 e. The Balaban J connectivity index is 2.00. The van der Waals surface area contributed by atoms with Crippen LogP contribution in [0.5, 0.6) is 0 Å². The third kappa shape index (κ3) is 2.89. The molecule has 0 aliphatic heterocycles. The quantitative estimate of drug-likeness (QED) is 0.771. The van der Waals surface area contributed by atoms with Crippen LogP contribution in [0.4, 0.5) is 0 Å². The summed E-state index contributed by atoms with van der Waals surface area (Å²) in [5.41, 5.74) is 2.98. The summed E-state index contributed by atoms with van der Waals surface area (Å²) in [4.78, 5) is 5.91. The van der Waals surface area contributed by atoms with Gasteiger partial charge in [-0.25, -0.2) is 4.98 Å². The lowest BCUT2D eigenvalue weighted by molar-refractivity contribution is 0.220. The molecule has 3 heteroatoms. The van der Waals surface area contributed by atoms with E-state index in [0.29, 0.717) is 0 Å². The fraction of sp³-hybridized carbons (Fsp3) is 0.167. The van der Waals surface area contributed by atoms with Gasteiger partial charge in [0, 0.05) is 10.4 Å². The van der Waals surface area contributed by atoms with Gasteiger partial charge in [-0.15, -0.1) is 11.3 Å². The second kappa shape index (κ2) is 6.20. The molecule has 2 nitrogen and oxygen atoms in total. The molecule has 0 bridgehead atoms. The fourth-order valence-electron chi connectivity index (χ4n) is 2.33. The lowest BCUT2D eigenvalue weighted by Gasteiger charge is -2.06. The summed E-state index contributed by atoms with van der Waals surface area (Å²) in [5, 5.41) is 11.3. The predicted molar refractivity (Wildman–Crippen MR) is 87.4 cm³/mol. The number of benzene rings is 2. The molecule has 0 aliphatic rings. The summed E-state index contributed by atoms with van der Waals surface area (Å²) in [6.45, 7) is 2.12. The molecule has 0 saturated carbocycles. The largest absolute Gasteiger partial charge is 0.381 e. The molecule has 21 heavy (non-hydrogen) atoms. The molecule has 2 aromatic carbocycles. The normalized spacial score (nSPS) is 12.3. The van der Waals surface area contributed by atoms with E-state index in [4.69, 9.17) is 4.98 Å². The third-order valence-electron chi connectivity index (χ3n) is 3.43. The number of aryl methyl sites for hydroxylation is 1. The van der Waals surface area contributed by atoms with Crippen LogP contribution < -0.4 is 0 Å². The van der Waals surface area contributed by atoms with Crippen molar-refractivity contribution in [2.24, 2.45) is 0 Å². The zero-order valence-corrected chi connectivity index (χ0v) is 12.7. The maximum atomic E-state index is 10.5. The van der Waals surface area contributed by atoms with E-state index in [1.54, 1.807) is 11.3 Å². The van der Waals surface area contributed by atoms with Crippen LogP contribution in [0.3, 0.4) is 0 Å². The predicted octanol–water partition coefficient (Wildman–Crippen LogP) is 4.45. The first-order valence-corrected chi connectivity index (χ1v) is 7.89. The van der Waals surface area contributed by atoms with Gasteiger partial charge >= 0.3 is 0 Å². The summed E-state index contributed by atoms with van der Waals surface area (Å²) in [7, 11) is 0. The van der Waals surface area contributed by atoms with Crippen molar-refractivity contribution in [1.29, 1.82) is 0 Å². The van der Waals surface area contributed by atoms with Gasteiger partial charge in [0.05, 0.1) is 5.69 Å². The van der Waals surface area contributed by atoms with Gasteiger partial charge < -0.3 is 5.11 Å². The number of thiazole rings is 1. The number of nitrogens with zero attached hydrogens (tertiary/aromatic N) is 1. The SMILES string of the molecule is CCc1sc(C(O)c2ccccc2)nc1-c1ccccc1. The zero-order chi connectivity index (χ0) is 14.7. The van der Waals surface area contributed by atoms with Crippen molar-refractivity contribution in [3.05, 3.63) is 76.1 Å². The van der Waals surface area contributed by atoms with E-state index < -0.39 is 6.10 Å². The van der Waals surface area contributed by atoms with Gasteiger partial charge in [0.2, 0.25) is 0 Å². The number of hydrogen-bond acceptors (Lipinski definition) is 3. The van der Waals surface area contributed by atoms with Crippen molar-refractivity contribution in [2.75, 3.05) is 0 Å². The van der Waals surface area contributed by atoms with Crippen molar-refractivity contribution < 1.29 is 5.11 Å². The molecule has 0 radical (unpaired) electrons. The maximum absolute atomic E-state index is 10.5. The van der Waals surface area contributed by atoms with E-state index >= 15 is 0 Å². The van der Waals surface area contributed by atoms with Crippen LogP contribution in [-0.2, 0) is 6.42 Å². The highest BCUT2D eigenvalue weighted by atomic mass is 32.1. The molecule has 1 N–H and O–H groups in total. The van der Waals surface area contributed by atoms with Gasteiger partial charge in [0.1, 0.15) is 11.1 Å². The Hall–Kier alpha value is -1.97. The highest BCUT2D eigenvalue weighted by Crippen LogP contribution is 2.33. The molecule has 1 aromatic heterocycles. The Morgan fingerprint density at radius 2 is 1.62 bits per heavy atom. The van der Waals surface area contributed by atoms with Crippen LogP contribution in [0.25, 0.3) is 11.3 Å². The molecule has 1 unspecified atom stereocenters. The lowest BCUT2D eigenvalue weighted by Crippen LogP contribution is -1.98. The second-order valence-electron chi connectivity index (χ2n) is 4.86. The van der Waals surface area contributed by atoms with Gasteiger partial charge in [-0.1, -0.05) is 67.6 Å². The van der Waals surface area contributed by atoms with Crippen molar-refractivity contribution in [2.45, 2.75) is 19.4 Å². The molecule has 106 valence electrons. The molecule has 0 saturated heterocycles. The Morgan fingerprint density at radius 3 is 2.24 bits per heavy atom. The number of aliphatic hydroxyl groups excluding tert-OH is 1. The first-order valence-electron chi connectivity index (χ1n) is 7.07. The third-order valence-corrected chi connectivity index (χ3v) is 4.68. The molecule has 1 atom stereocenters. The number of aliphatic hydroxyl groups is 1. The van der Waals surface area contributed by atoms with Crippen LogP contribution in [0, 0.1) is 0 Å². The summed E-state index contributed by atoms with van der Waals surface area (Å²) in [6, 6.07) is 19.8. The highest BCUT2D eigenvalue weighted by molar-refractivity contribution is 7.12. The molecule has 3 rings (SSSR count). The summed E-state index contributed by atoms with van der Waals surface area (Å²) < 4.78 is 0. The molecular weight excluding hydrogens is 278 g/mol. The Morgan fingerprint density at radius 1 is 1.00 bits per heavy atom. The van der Waals surface area contributed by atoms with Crippen LogP contribution in [-0.4, -0.2) is 10.1 Å². The summed E-state index contributed by atoms with van der Waals surface area (Å²) in [6.07, 6.45) is 0.266. The molecule has 0 amide bonds. The van der Waals surface area contributed by atoms with Crippen molar-refractivity contribution >= 4 is 11.3 Å². The van der Waals surface area contributed by atoms with E-state index in [9.17, 15) is 5.11 Å². The van der Waals surface area contributed by atoms with E-state index in [-0.39, 0.29) is 0 Å². The van der Waals surface area contributed by atoms with Gasteiger partial charge in [0.15, 0.2) is 0 Å². The summed E-state index contributed by atoms with van der Waals surface area (Å²) in [5.74, 6) is 0. The second-order valence-corrected chi connectivity index (χ2v) is 5.97. The topological polar surface area (TPSA) is 33.1 Å². The van der Waals surface area contributed by atoms with Crippen LogP contribution >= 0.6 is 11.3 Å². The Bertz CT molecular complexity index is 707. The molecule has 0 spiro atoms. The average molecular weight is 295 g/mol. The lowest BCUT2D eigenvalue weighted by atomic mass is 10.1. The molecule has 1 heterocycles. The maximum Gasteiger partial charge on any atom is 0.131 e. The first kappa shape index (κ1) is 14.0. The Labute approximate surface area is 128 Å². The average Bonchev–Trinajstić information content (AvgIpc) is 3.00. The van der Waals surface area contributed by atoms with E-state index in [2.05, 4.69) is 19.1 Å². The van der Waals surface area contributed by atoms with Crippen molar-refractivity contribution in [3.63, 3.8) is 0 Å². The van der Waals surface area contributed by atoms with Crippen LogP contribution in [0.15, 0.2) is 60.7 Å². The number of aromatic nitrogens is 1. The number of hydrogen-bond donors (Lipinski definition) is 1. The van der Waals surface area contributed by atoms with Gasteiger partial charge in [-0.3, -0.25) is 0 Å². The monoisotopic (exact) mass is 295 g/mol. The van der Waals surface area contributed by atoms with E-state index in [0.717, 1.165) is 28.2 Å². The van der Waals surface area contributed by atoms with Gasteiger partial charge in [-0.2, -0.15) is 0 Å². The fourth-order valence-corrected chi connectivity index (χ4v) is 3.37. The van der Waals surface area contributed by atoms with E-state index in [1.807, 2.05) is 48.5 Å². The van der Waals surface area contributed by atoms with Crippen molar-refractivity contribution in [1.82, 2.24) is 4.98 Å². The van der Waals surface area contributed by atoms with Gasteiger partial charge in [0.25, 0.3) is 0 Å². The van der Waals surface area contributed by atoms with Crippen molar-refractivity contribution in [3.8, 4) is 11.3 Å². The molecular formula is C18H17NOS. The van der Waals surface area contributed by atoms with Gasteiger partial charge in [-0.05, 0) is 12.0 Å². The zero-order valence-electron chi connectivity index (χ0n) is 11.9. The van der Waals surface area contributed by atoms with E-state index in [1.165, 1.54) is 4.88 Å². The highest BCUT2D eigenvalue weighted by Gasteiger charge is 2.18.